The lowest BCUT2D eigenvalue weighted by atomic mass is 10.00. The number of carbonyl (C=O) groups is 1. The van der Waals surface area contributed by atoms with Crippen LogP contribution in [0.25, 0.3) is 0 Å². The van der Waals surface area contributed by atoms with Gasteiger partial charge < -0.3 is 10.2 Å². The molecule has 1 amide bonds. The first kappa shape index (κ1) is 15.9. The Morgan fingerprint density at radius 3 is 3.05 bits per heavy atom. The first-order valence-electron chi connectivity index (χ1n) is 8.13. The van der Waals surface area contributed by atoms with Crippen LogP contribution in [-0.4, -0.2) is 44.9 Å². The molecule has 1 aromatic rings. The molecule has 1 aliphatic rings. The van der Waals surface area contributed by atoms with Crippen molar-refractivity contribution in [2.24, 2.45) is 0 Å². The number of nitrogens with one attached hydrogen (secondary N) is 1. The zero-order valence-corrected chi connectivity index (χ0v) is 13.2. The lowest BCUT2D eigenvalue weighted by molar-refractivity contribution is -0.135. The van der Waals surface area contributed by atoms with Crippen LogP contribution in [0.3, 0.4) is 0 Å². The molecule has 2 rings (SSSR count). The van der Waals surface area contributed by atoms with Crippen LogP contribution in [0.2, 0.25) is 0 Å². The largest absolute Gasteiger partial charge is 0.338 e. The monoisotopic (exact) mass is 293 g/mol. The van der Waals surface area contributed by atoms with Crippen molar-refractivity contribution in [1.82, 2.24) is 25.2 Å². The van der Waals surface area contributed by atoms with E-state index in [9.17, 15) is 4.79 Å². The van der Waals surface area contributed by atoms with Crippen molar-refractivity contribution in [2.45, 2.75) is 65.1 Å². The maximum atomic E-state index is 12.4. The van der Waals surface area contributed by atoms with Crippen molar-refractivity contribution >= 4 is 5.91 Å². The van der Waals surface area contributed by atoms with Crippen LogP contribution in [0.4, 0.5) is 0 Å². The maximum Gasteiger partial charge on any atom is 0.244 e. The van der Waals surface area contributed by atoms with Gasteiger partial charge in [0.1, 0.15) is 6.54 Å². The fraction of sp³-hybridized carbons (Fsp3) is 0.800. The van der Waals surface area contributed by atoms with Gasteiger partial charge in [-0.25, -0.2) is 4.68 Å². The normalized spacial score (nSPS) is 19.0. The summed E-state index contributed by atoms with van der Waals surface area (Å²) in [5.41, 5.74) is 0.891. The molecule has 1 atom stereocenters. The molecule has 1 saturated heterocycles. The van der Waals surface area contributed by atoms with E-state index in [2.05, 4.69) is 29.5 Å². The molecule has 2 heterocycles. The van der Waals surface area contributed by atoms with Gasteiger partial charge in [-0.05, 0) is 38.6 Å². The Balaban J connectivity index is 1.87. The lowest BCUT2D eigenvalue weighted by Crippen LogP contribution is -2.44. The van der Waals surface area contributed by atoms with Crippen LogP contribution >= 0.6 is 0 Å². The molecule has 0 aromatic carbocycles. The summed E-state index contributed by atoms with van der Waals surface area (Å²) in [5.74, 6) is 0.166. The third kappa shape index (κ3) is 4.52. The number of hydrogen-bond acceptors (Lipinski definition) is 4. The average Bonchev–Trinajstić information content (AvgIpc) is 2.95. The zero-order valence-electron chi connectivity index (χ0n) is 13.2. The van der Waals surface area contributed by atoms with Gasteiger partial charge in [-0.2, -0.15) is 0 Å². The molecule has 0 saturated carbocycles. The van der Waals surface area contributed by atoms with E-state index in [4.69, 9.17) is 0 Å². The van der Waals surface area contributed by atoms with E-state index in [1.165, 1.54) is 6.42 Å². The lowest BCUT2D eigenvalue weighted by Gasteiger charge is -2.35. The van der Waals surface area contributed by atoms with E-state index in [-0.39, 0.29) is 5.91 Å². The fourth-order valence-corrected chi connectivity index (χ4v) is 2.87. The molecule has 1 aliphatic heterocycles. The van der Waals surface area contributed by atoms with Gasteiger partial charge in [0.05, 0.1) is 11.9 Å². The van der Waals surface area contributed by atoms with Crippen LogP contribution in [-0.2, 0) is 17.9 Å². The Kier molecular flexibility index (Phi) is 6.17. The van der Waals surface area contributed by atoms with Crippen LogP contribution in [0.15, 0.2) is 6.20 Å². The van der Waals surface area contributed by atoms with E-state index in [1.807, 2.05) is 11.1 Å². The minimum Gasteiger partial charge on any atom is -0.338 e. The summed E-state index contributed by atoms with van der Waals surface area (Å²) >= 11 is 0. The van der Waals surface area contributed by atoms with Crippen molar-refractivity contribution in [2.75, 3.05) is 13.1 Å². The predicted molar refractivity (Wildman–Crippen MR) is 81.7 cm³/mol. The van der Waals surface area contributed by atoms with Crippen molar-refractivity contribution in [1.29, 1.82) is 0 Å². The predicted octanol–water partition coefficient (Wildman–Crippen LogP) is 1.57. The minimum absolute atomic E-state index is 0.166. The Morgan fingerprint density at radius 1 is 1.43 bits per heavy atom. The van der Waals surface area contributed by atoms with Crippen molar-refractivity contribution in [3.05, 3.63) is 11.9 Å². The van der Waals surface area contributed by atoms with Crippen molar-refractivity contribution in [3.8, 4) is 0 Å². The van der Waals surface area contributed by atoms with Gasteiger partial charge in [0.25, 0.3) is 0 Å². The molecule has 6 nitrogen and oxygen atoms in total. The summed E-state index contributed by atoms with van der Waals surface area (Å²) in [6.07, 6.45) is 7.48. The highest BCUT2D eigenvalue weighted by atomic mass is 16.2. The van der Waals surface area contributed by atoms with E-state index in [0.717, 1.165) is 44.5 Å². The van der Waals surface area contributed by atoms with Gasteiger partial charge in [-0.1, -0.05) is 19.1 Å². The SMILES string of the molecule is CCCNCc1cn(CC(=O)N2CCCCC2CC)nn1. The molecule has 1 unspecified atom stereocenters. The van der Waals surface area contributed by atoms with Crippen LogP contribution in [0.1, 0.15) is 51.6 Å². The number of rotatable bonds is 7. The van der Waals surface area contributed by atoms with Gasteiger partial charge >= 0.3 is 0 Å². The van der Waals surface area contributed by atoms with Crippen LogP contribution in [0.5, 0.6) is 0 Å². The van der Waals surface area contributed by atoms with Gasteiger partial charge in [0, 0.05) is 19.1 Å². The second-order valence-corrected chi connectivity index (χ2v) is 5.73. The molecule has 0 spiro atoms. The second-order valence-electron chi connectivity index (χ2n) is 5.73. The summed E-state index contributed by atoms with van der Waals surface area (Å²) in [6.45, 7) is 7.16. The van der Waals surface area contributed by atoms with Gasteiger partial charge in [0.2, 0.25) is 5.91 Å². The molecule has 6 heteroatoms. The molecule has 1 aromatic heterocycles. The first-order chi connectivity index (χ1) is 10.2. The van der Waals surface area contributed by atoms with Crippen LogP contribution in [0, 0.1) is 0 Å². The van der Waals surface area contributed by atoms with E-state index >= 15 is 0 Å². The zero-order chi connectivity index (χ0) is 15.1. The van der Waals surface area contributed by atoms with E-state index in [1.54, 1.807) is 4.68 Å². The van der Waals surface area contributed by atoms with Crippen molar-refractivity contribution < 1.29 is 4.79 Å². The molecule has 0 aliphatic carbocycles. The highest BCUT2D eigenvalue weighted by molar-refractivity contribution is 5.76. The fourth-order valence-electron chi connectivity index (χ4n) is 2.87. The minimum atomic E-state index is 0.166. The highest BCUT2D eigenvalue weighted by Gasteiger charge is 2.25. The number of piperidine rings is 1. The van der Waals surface area contributed by atoms with Crippen molar-refractivity contribution in [3.63, 3.8) is 0 Å². The Morgan fingerprint density at radius 2 is 2.29 bits per heavy atom. The number of likely N-dealkylation sites (tertiary alicyclic amines) is 1. The smallest absolute Gasteiger partial charge is 0.244 e. The average molecular weight is 293 g/mol. The maximum absolute atomic E-state index is 12.4. The number of carbonyl (C=O) groups excluding carboxylic acids is 1. The van der Waals surface area contributed by atoms with Gasteiger partial charge in [-0.3, -0.25) is 4.79 Å². The third-order valence-electron chi connectivity index (χ3n) is 4.03. The molecule has 118 valence electrons. The third-order valence-corrected chi connectivity index (χ3v) is 4.03. The second kappa shape index (κ2) is 8.12. The van der Waals surface area contributed by atoms with E-state index in [0.29, 0.717) is 19.1 Å². The summed E-state index contributed by atoms with van der Waals surface area (Å²) < 4.78 is 1.66. The summed E-state index contributed by atoms with van der Waals surface area (Å²) in [5, 5.41) is 11.5. The Bertz CT molecular complexity index is 445. The Hall–Kier alpha value is -1.43. The summed E-state index contributed by atoms with van der Waals surface area (Å²) in [4.78, 5) is 14.5. The quantitative estimate of drug-likeness (QED) is 0.775. The van der Waals surface area contributed by atoms with E-state index < -0.39 is 0 Å². The van der Waals surface area contributed by atoms with Gasteiger partial charge in [0.15, 0.2) is 0 Å². The highest BCUT2D eigenvalue weighted by Crippen LogP contribution is 2.19. The topological polar surface area (TPSA) is 63.1 Å². The van der Waals surface area contributed by atoms with Gasteiger partial charge in [-0.15, -0.1) is 5.10 Å². The molecule has 0 bridgehead atoms. The Labute approximate surface area is 126 Å². The summed E-state index contributed by atoms with van der Waals surface area (Å²) in [6, 6.07) is 0.403. The van der Waals surface area contributed by atoms with Crippen LogP contribution < -0.4 is 5.32 Å². The molecule has 1 N–H and O–H groups in total. The number of aromatic nitrogens is 3. The molecule has 21 heavy (non-hydrogen) atoms. The molecule has 1 fully saturated rings. The molecular weight excluding hydrogens is 266 g/mol. The summed E-state index contributed by atoms with van der Waals surface area (Å²) in [7, 11) is 0. The number of nitrogens with zero attached hydrogens (tertiary/aromatic N) is 4. The standard InChI is InChI=1S/C15H27N5O/c1-3-8-16-10-13-11-19(18-17-13)12-15(21)20-9-6-5-7-14(20)4-2/h11,14,16H,3-10,12H2,1-2H3. The number of amides is 1. The molecular formula is C15H27N5O. The number of hydrogen-bond donors (Lipinski definition) is 1. The first-order valence-corrected chi connectivity index (χ1v) is 8.13. The molecule has 0 radical (unpaired) electrons.